The molecule has 2 fully saturated rings. The van der Waals surface area contributed by atoms with E-state index in [0.29, 0.717) is 11.7 Å². The van der Waals surface area contributed by atoms with Gasteiger partial charge >= 0.3 is 0 Å². The van der Waals surface area contributed by atoms with E-state index in [1.54, 1.807) is 0 Å². The highest BCUT2D eigenvalue weighted by molar-refractivity contribution is 7.05. The number of alkyl halides is 2. The molecule has 0 aromatic carbocycles. The molecule has 3 rings (SSSR count). The summed E-state index contributed by atoms with van der Waals surface area (Å²) in [6.45, 7) is 3.71. The normalized spacial score (nSPS) is 30.8. The zero-order valence-corrected chi connectivity index (χ0v) is 12.2. The summed E-state index contributed by atoms with van der Waals surface area (Å²) < 4.78 is 31.8. The largest absolute Gasteiger partial charge is 0.262 e. The van der Waals surface area contributed by atoms with Crippen molar-refractivity contribution < 1.29 is 8.78 Å². The van der Waals surface area contributed by atoms with Crippen molar-refractivity contribution in [3.63, 3.8) is 0 Å². The Balaban J connectivity index is 1.75. The van der Waals surface area contributed by atoms with Crippen molar-refractivity contribution in [1.82, 2.24) is 9.36 Å². The summed E-state index contributed by atoms with van der Waals surface area (Å²) >= 11 is 1.34. The van der Waals surface area contributed by atoms with Gasteiger partial charge in [-0.15, -0.1) is 0 Å². The van der Waals surface area contributed by atoms with Crippen LogP contribution in [0.5, 0.6) is 0 Å². The maximum Gasteiger partial charge on any atom is 0.262 e. The van der Waals surface area contributed by atoms with E-state index >= 15 is 0 Å². The second-order valence-electron chi connectivity index (χ2n) is 6.25. The van der Waals surface area contributed by atoms with Gasteiger partial charge in [0.1, 0.15) is 5.01 Å². The van der Waals surface area contributed by atoms with Gasteiger partial charge in [0.05, 0.1) is 5.92 Å². The SMILES string of the molecule is CC(C)[C@@H]1[C@@H](c2nsc(C3CCCCC3)n2)C1(F)F. The molecule has 0 aliphatic heterocycles. The monoisotopic (exact) mass is 286 g/mol. The highest BCUT2D eigenvalue weighted by Gasteiger charge is 2.71. The third-order valence-electron chi connectivity index (χ3n) is 4.52. The van der Waals surface area contributed by atoms with Crippen LogP contribution in [0.2, 0.25) is 0 Å². The zero-order valence-electron chi connectivity index (χ0n) is 11.4. The lowest BCUT2D eigenvalue weighted by Crippen LogP contribution is -2.04. The first kappa shape index (κ1) is 13.4. The average molecular weight is 286 g/mol. The van der Waals surface area contributed by atoms with E-state index in [1.165, 1.54) is 30.8 Å². The smallest absolute Gasteiger partial charge is 0.224 e. The fourth-order valence-corrected chi connectivity index (χ4v) is 4.26. The average Bonchev–Trinajstić information content (AvgIpc) is 2.76. The summed E-state index contributed by atoms with van der Waals surface area (Å²) in [7, 11) is 0. The van der Waals surface area contributed by atoms with Gasteiger partial charge in [-0.25, -0.2) is 13.8 Å². The second-order valence-corrected chi connectivity index (χ2v) is 7.03. The Bertz CT molecular complexity index is 452. The summed E-state index contributed by atoms with van der Waals surface area (Å²) in [4.78, 5) is 4.45. The lowest BCUT2D eigenvalue weighted by molar-refractivity contribution is 0.0837. The molecular formula is C14H20F2N2S. The minimum Gasteiger partial charge on any atom is -0.224 e. The van der Waals surface area contributed by atoms with Crippen molar-refractivity contribution in [3.8, 4) is 0 Å². The van der Waals surface area contributed by atoms with Crippen LogP contribution in [-0.2, 0) is 0 Å². The Kier molecular flexibility index (Phi) is 3.36. The first-order valence-electron chi connectivity index (χ1n) is 7.23. The summed E-state index contributed by atoms with van der Waals surface area (Å²) in [5.74, 6) is -3.05. The fraction of sp³-hybridized carbons (Fsp3) is 0.857. The highest BCUT2D eigenvalue weighted by Crippen LogP contribution is 2.64. The van der Waals surface area contributed by atoms with E-state index < -0.39 is 17.8 Å². The van der Waals surface area contributed by atoms with Crippen LogP contribution in [0.1, 0.15) is 68.6 Å². The Hall–Kier alpha value is -0.580. The number of hydrogen-bond donors (Lipinski definition) is 0. The molecule has 0 radical (unpaired) electrons. The molecule has 1 aromatic heterocycles. The van der Waals surface area contributed by atoms with E-state index in [-0.39, 0.29) is 5.92 Å². The molecule has 2 aliphatic carbocycles. The van der Waals surface area contributed by atoms with Crippen molar-refractivity contribution in [2.75, 3.05) is 0 Å². The van der Waals surface area contributed by atoms with Crippen LogP contribution in [0.15, 0.2) is 0 Å². The van der Waals surface area contributed by atoms with Crippen LogP contribution in [0.3, 0.4) is 0 Å². The van der Waals surface area contributed by atoms with Gasteiger partial charge in [0.25, 0.3) is 5.92 Å². The molecule has 1 heterocycles. The minimum atomic E-state index is -2.60. The van der Waals surface area contributed by atoms with Crippen molar-refractivity contribution >= 4 is 11.5 Å². The second kappa shape index (κ2) is 4.76. The lowest BCUT2D eigenvalue weighted by Gasteiger charge is -2.18. The van der Waals surface area contributed by atoms with Crippen molar-refractivity contribution in [1.29, 1.82) is 0 Å². The van der Waals surface area contributed by atoms with Crippen molar-refractivity contribution in [2.24, 2.45) is 11.8 Å². The lowest BCUT2D eigenvalue weighted by atomic mass is 9.90. The van der Waals surface area contributed by atoms with Crippen LogP contribution >= 0.6 is 11.5 Å². The Labute approximate surface area is 116 Å². The van der Waals surface area contributed by atoms with E-state index in [4.69, 9.17) is 0 Å². The van der Waals surface area contributed by atoms with Crippen molar-refractivity contribution in [3.05, 3.63) is 10.8 Å². The molecule has 2 atom stereocenters. The molecule has 0 N–H and O–H groups in total. The van der Waals surface area contributed by atoms with Gasteiger partial charge in [-0.05, 0) is 30.3 Å². The van der Waals surface area contributed by atoms with Gasteiger partial charge in [-0.3, -0.25) is 0 Å². The van der Waals surface area contributed by atoms with Crippen LogP contribution in [0.25, 0.3) is 0 Å². The van der Waals surface area contributed by atoms with Gasteiger partial charge in [-0.1, -0.05) is 33.1 Å². The quantitative estimate of drug-likeness (QED) is 0.812. The summed E-state index contributed by atoms with van der Waals surface area (Å²) in [5.41, 5.74) is 0. The molecule has 0 bridgehead atoms. The van der Waals surface area contributed by atoms with E-state index in [9.17, 15) is 8.78 Å². The molecular weight excluding hydrogens is 266 g/mol. The Morgan fingerprint density at radius 1 is 1.21 bits per heavy atom. The zero-order chi connectivity index (χ0) is 13.6. The third kappa shape index (κ3) is 2.30. The number of nitrogens with zero attached hydrogens (tertiary/aromatic N) is 2. The minimum absolute atomic E-state index is 0.0124. The van der Waals surface area contributed by atoms with E-state index in [1.807, 2.05) is 13.8 Å². The molecule has 19 heavy (non-hydrogen) atoms. The third-order valence-corrected chi connectivity index (χ3v) is 5.41. The molecule has 1 aromatic rings. The maximum absolute atomic E-state index is 13.8. The van der Waals surface area contributed by atoms with Crippen LogP contribution < -0.4 is 0 Å². The topological polar surface area (TPSA) is 25.8 Å². The summed E-state index contributed by atoms with van der Waals surface area (Å²) in [5, 5.41) is 0.986. The van der Waals surface area contributed by atoms with Gasteiger partial charge in [0.15, 0.2) is 5.82 Å². The van der Waals surface area contributed by atoms with Gasteiger partial charge in [-0.2, -0.15) is 4.37 Å². The van der Waals surface area contributed by atoms with Crippen molar-refractivity contribution in [2.45, 2.75) is 63.7 Å². The van der Waals surface area contributed by atoms with Gasteiger partial charge < -0.3 is 0 Å². The molecule has 0 amide bonds. The number of rotatable bonds is 3. The molecule has 5 heteroatoms. The Morgan fingerprint density at radius 3 is 2.47 bits per heavy atom. The molecule has 0 saturated heterocycles. The number of halogens is 2. The summed E-state index contributed by atoms with van der Waals surface area (Å²) in [6, 6.07) is 0. The predicted octanol–water partition coefficient (Wildman–Crippen LogP) is 4.59. The van der Waals surface area contributed by atoms with E-state index in [0.717, 1.165) is 17.8 Å². The fourth-order valence-electron chi connectivity index (χ4n) is 3.40. The van der Waals surface area contributed by atoms with Gasteiger partial charge in [0, 0.05) is 11.8 Å². The van der Waals surface area contributed by atoms with E-state index in [2.05, 4.69) is 9.36 Å². The molecule has 2 aliphatic rings. The maximum atomic E-state index is 13.8. The van der Waals surface area contributed by atoms with Crippen LogP contribution in [0, 0.1) is 11.8 Å². The number of aromatic nitrogens is 2. The highest BCUT2D eigenvalue weighted by atomic mass is 32.1. The molecule has 0 spiro atoms. The van der Waals surface area contributed by atoms with Gasteiger partial charge in [0.2, 0.25) is 0 Å². The standard InChI is InChI=1S/C14H20F2N2S/c1-8(2)10-11(14(10,15)16)12-17-13(19-18-12)9-6-4-3-5-7-9/h8-11H,3-7H2,1-2H3/t10-,11+/m1/s1. The molecule has 2 nitrogen and oxygen atoms in total. The number of hydrogen-bond acceptors (Lipinski definition) is 3. The molecule has 106 valence electrons. The first-order valence-corrected chi connectivity index (χ1v) is 8.00. The van der Waals surface area contributed by atoms with Crippen LogP contribution in [-0.4, -0.2) is 15.3 Å². The van der Waals surface area contributed by atoms with Crippen LogP contribution in [0.4, 0.5) is 8.78 Å². The summed E-state index contributed by atoms with van der Waals surface area (Å²) in [6.07, 6.45) is 6.03. The molecule has 2 saturated carbocycles. The predicted molar refractivity (Wildman–Crippen MR) is 71.8 cm³/mol. The molecule has 0 unspecified atom stereocenters. The first-order chi connectivity index (χ1) is 9.01. The Morgan fingerprint density at radius 2 is 1.89 bits per heavy atom.